The zero-order chi connectivity index (χ0) is 16.2. The first-order chi connectivity index (χ1) is 10.3. The molecule has 1 aromatic heterocycles. The summed E-state index contributed by atoms with van der Waals surface area (Å²) < 4.78 is 24.7. The van der Waals surface area contributed by atoms with Crippen LogP contribution in [0.2, 0.25) is 0 Å². The number of amides is 1. The fourth-order valence-corrected chi connectivity index (χ4v) is 4.84. The van der Waals surface area contributed by atoms with Gasteiger partial charge in [-0.05, 0) is 31.2 Å². The number of carbonyl (C=O) groups excluding carboxylic acids is 1. The van der Waals surface area contributed by atoms with Gasteiger partial charge < -0.3 is 5.32 Å². The molecule has 1 aliphatic rings. The van der Waals surface area contributed by atoms with E-state index in [1.54, 1.807) is 18.3 Å². The van der Waals surface area contributed by atoms with Crippen LogP contribution in [-0.4, -0.2) is 33.2 Å². The van der Waals surface area contributed by atoms with Gasteiger partial charge in [0.25, 0.3) is 0 Å². The Morgan fingerprint density at radius 2 is 2.05 bits per heavy atom. The van der Waals surface area contributed by atoms with Gasteiger partial charge in [-0.1, -0.05) is 25.3 Å². The fraction of sp³-hybridized carbons (Fsp3) is 0.667. The van der Waals surface area contributed by atoms with E-state index >= 15 is 0 Å². The second kappa shape index (κ2) is 7.10. The van der Waals surface area contributed by atoms with Gasteiger partial charge in [-0.15, -0.1) is 11.3 Å². The molecule has 1 saturated carbocycles. The van der Waals surface area contributed by atoms with Crippen molar-refractivity contribution in [1.29, 1.82) is 0 Å². The van der Waals surface area contributed by atoms with Crippen molar-refractivity contribution in [2.45, 2.75) is 50.5 Å². The maximum absolute atomic E-state index is 12.1. The third-order valence-electron chi connectivity index (χ3n) is 4.24. The van der Waals surface area contributed by atoms with E-state index in [9.17, 15) is 13.2 Å². The maximum Gasteiger partial charge on any atom is 0.237 e. The van der Waals surface area contributed by atoms with Gasteiger partial charge in [0, 0.05) is 16.8 Å². The molecule has 1 amide bonds. The number of carbonyl (C=O) groups is 1. The highest BCUT2D eigenvalue weighted by atomic mass is 32.2. The number of nitrogens with one attached hydrogen (secondary N) is 2. The van der Waals surface area contributed by atoms with Crippen molar-refractivity contribution in [3.63, 3.8) is 0 Å². The number of rotatable bonds is 6. The van der Waals surface area contributed by atoms with Gasteiger partial charge in [-0.2, -0.15) is 0 Å². The molecule has 0 spiro atoms. The Balaban J connectivity index is 2.02. The van der Waals surface area contributed by atoms with Gasteiger partial charge in [0.05, 0.1) is 12.3 Å². The Morgan fingerprint density at radius 1 is 1.36 bits per heavy atom. The van der Waals surface area contributed by atoms with E-state index in [0.717, 1.165) is 19.1 Å². The fourth-order valence-electron chi connectivity index (χ4n) is 3.10. The normalized spacial score (nSPS) is 19.5. The third kappa shape index (κ3) is 4.54. The number of hydrogen-bond acceptors (Lipinski definition) is 4. The summed E-state index contributed by atoms with van der Waals surface area (Å²) in [5.74, 6) is -0.271. The standard InChI is InChI=1S/C15H24N2O3S2/c1-12(17-22(2,19)20)14(18)16-11-15(8-4-3-5-9-15)13-7-6-10-21-13/h6-7,10,12,17H,3-5,8-9,11H2,1-2H3,(H,16,18)/t12-/m1/s1. The molecule has 124 valence electrons. The van der Waals surface area contributed by atoms with E-state index in [1.165, 1.54) is 24.1 Å². The molecule has 7 heteroatoms. The van der Waals surface area contributed by atoms with Crippen LogP contribution >= 0.6 is 11.3 Å². The van der Waals surface area contributed by atoms with E-state index < -0.39 is 16.1 Å². The van der Waals surface area contributed by atoms with E-state index in [0.29, 0.717) is 6.54 Å². The van der Waals surface area contributed by atoms with Crippen LogP contribution in [-0.2, 0) is 20.2 Å². The Bertz CT molecular complexity index is 590. The number of hydrogen-bond donors (Lipinski definition) is 2. The van der Waals surface area contributed by atoms with Gasteiger partial charge in [-0.25, -0.2) is 13.1 Å². The molecule has 1 heterocycles. The van der Waals surface area contributed by atoms with Crippen molar-refractivity contribution in [2.75, 3.05) is 12.8 Å². The topological polar surface area (TPSA) is 75.3 Å². The highest BCUT2D eigenvalue weighted by Gasteiger charge is 2.35. The van der Waals surface area contributed by atoms with Crippen LogP contribution in [0.4, 0.5) is 0 Å². The summed E-state index contributed by atoms with van der Waals surface area (Å²) in [5, 5.41) is 5.02. The number of sulfonamides is 1. The molecule has 0 unspecified atom stereocenters. The van der Waals surface area contributed by atoms with Crippen molar-refractivity contribution in [2.24, 2.45) is 0 Å². The predicted octanol–water partition coefficient (Wildman–Crippen LogP) is 2.00. The van der Waals surface area contributed by atoms with Gasteiger partial charge in [0.2, 0.25) is 15.9 Å². The lowest BCUT2D eigenvalue weighted by Crippen LogP contribution is -2.49. The molecule has 2 rings (SSSR count). The van der Waals surface area contributed by atoms with Crippen LogP contribution < -0.4 is 10.0 Å². The molecule has 1 fully saturated rings. The second-order valence-electron chi connectivity index (χ2n) is 6.15. The molecule has 2 N–H and O–H groups in total. The van der Waals surface area contributed by atoms with E-state index in [1.807, 2.05) is 6.07 Å². The van der Waals surface area contributed by atoms with Gasteiger partial charge in [0.1, 0.15) is 0 Å². The SMILES string of the molecule is C[C@@H](NS(C)(=O)=O)C(=O)NCC1(c2cccs2)CCCCC1. The van der Waals surface area contributed by atoms with Crippen LogP contribution in [0.25, 0.3) is 0 Å². The average molecular weight is 345 g/mol. The molecule has 0 aromatic carbocycles. The van der Waals surface area contributed by atoms with E-state index in [4.69, 9.17) is 0 Å². The minimum atomic E-state index is -3.38. The minimum Gasteiger partial charge on any atom is -0.354 e. The van der Waals surface area contributed by atoms with E-state index in [2.05, 4.69) is 21.5 Å². The molecule has 5 nitrogen and oxygen atoms in total. The van der Waals surface area contributed by atoms with Crippen molar-refractivity contribution in [3.05, 3.63) is 22.4 Å². The first kappa shape index (κ1) is 17.4. The van der Waals surface area contributed by atoms with Crippen LogP contribution in [0.5, 0.6) is 0 Å². The quantitative estimate of drug-likeness (QED) is 0.829. The lowest BCUT2D eigenvalue weighted by molar-refractivity contribution is -0.122. The van der Waals surface area contributed by atoms with Gasteiger partial charge >= 0.3 is 0 Å². The maximum atomic E-state index is 12.1. The molecular formula is C15H24N2O3S2. The van der Waals surface area contributed by atoms with Crippen LogP contribution in [0, 0.1) is 0 Å². The Kier molecular flexibility index (Phi) is 5.63. The summed E-state index contributed by atoms with van der Waals surface area (Å²) in [5.41, 5.74) is 0.00683. The minimum absolute atomic E-state index is 0.00683. The van der Waals surface area contributed by atoms with Gasteiger partial charge in [0.15, 0.2) is 0 Å². The zero-order valence-electron chi connectivity index (χ0n) is 13.1. The Morgan fingerprint density at radius 3 is 2.59 bits per heavy atom. The first-order valence-corrected chi connectivity index (χ1v) is 10.4. The molecule has 1 aliphatic carbocycles. The molecule has 0 saturated heterocycles. The molecule has 1 atom stereocenters. The molecule has 0 bridgehead atoms. The molecule has 22 heavy (non-hydrogen) atoms. The highest BCUT2D eigenvalue weighted by Crippen LogP contribution is 2.41. The highest BCUT2D eigenvalue weighted by molar-refractivity contribution is 7.88. The van der Waals surface area contributed by atoms with Crippen molar-refractivity contribution < 1.29 is 13.2 Å². The molecule has 1 aromatic rings. The van der Waals surface area contributed by atoms with Crippen molar-refractivity contribution in [3.8, 4) is 0 Å². The second-order valence-corrected chi connectivity index (χ2v) is 8.88. The van der Waals surface area contributed by atoms with Crippen LogP contribution in [0.15, 0.2) is 17.5 Å². The van der Waals surface area contributed by atoms with Crippen molar-refractivity contribution in [1.82, 2.24) is 10.0 Å². The first-order valence-electron chi connectivity index (χ1n) is 7.61. The average Bonchev–Trinajstić information content (AvgIpc) is 2.98. The smallest absolute Gasteiger partial charge is 0.237 e. The third-order valence-corrected chi connectivity index (χ3v) is 6.14. The summed E-state index contributed by atoms with van der Waals surface area (Å²) in [7, 11) is -3.38. The lowest BCUT2D eigenvalue weighted by Gasteiger charge is -2.37. The lowest BCUT2D eigenvalue weighted by atomic mass is 9.73. The summed E-state index contributed by atoms with van der Waals surface area (Å²) in [6.07, 6.45) is 6.79. The largest absolute Gasteiger partial charge is 0.354 e. The van der Waals surface area contributed by atoms with Crippen molar-refractivity contribution >= 4 is 27.3 Å². The van der Waals surface area contributed by atoms with Crippen LogP contribution in [0.1, 0.15) is 43.9 Å². The van der Waals surface area contributed by atoms with E-state index in [-0.39, 0.29) is 11.3 Å². The van der Waals surface area contributed by atoms with Gasteiger partial charge in [-0.3, -0.25) is 4.79 Å². The molecule has 0 radical (unpaired) electrons. The zero-order valence-corrected chi connectivity index (χ0v) is 14.7. The predicted molar refractivity (Wildman–Crippen MR) is 89.5 cm³/mol. The Labute approximate surface area is 136 Å². The summed E-state index contributed by atoms with van der Waals surface area (Å²) in [6, 6.07) is 3.44. The summed E-state index contributed by atoms with van der Waals surface area (Å²) in [6.45, 7) is 2.14. The molecular weight excluding hydrogens is 320 g/mol. The summed E-state index contributed by atoms with van der Waals surface area (Å²) >= 11 is 1.74. The number of thiophene rings is 1. The Hall–Kier alpha value is -0.920. The summed E-state index contributed by atoms with van der Waals surface area (Å²) in [4.78, 5) is 13.5. The molecule has 0 aliphatic heterocycles. The van der Waals surface area contributed by atoms with Crippen LogP contribution in [0.3, 0.4) is 0 Å². The monoisotopic (exact) mass is 344 g/mol.